The van der Waals surface area contributed by atoms with Crippen molar-refractivity contribution in [2.75, 3.05) is 25.6 Å². The third-order valence-electron chi connectivity index (χ3n) is 3.76. The van der Waals surface area contributed by atoms with Crippen LogP contribution in [0.5, 0.6) is 0 Å². The highest BCUT2D eigenvalue weighted by Crippen LogP contribution is 2.23. The minimum Gasteiger partial charge on any atom is -0.302 e. The van der Waals surface area contributed by atoms with Crippen LogP contribution in [0.3, 0.4) is 0 Å². The summed E-state index contributed by atoms with van der Waals surface area (Å²) in [6.07, 6.45) is 4.37. The van der Waals surface area contributed by atoms with Gasteiger partial charge in [0.2, 0.25) is 0 Å². The molecule has 0 amide bonds. The molecule has 3 heteroatoms. The number of hydrogen-bond donors (Lipinski definition) is 0. The number of thioether (sulfide) groups is 1. The Hall–Kier alpha value is -0.800. The molecule has 0 aliphatic rings. The Morgan fingerprint density at radius 3 is 2.53 bits per heavy atom. The molecule has 1 aromatic carbocycles. The Balaban J connectivity index is 2.73. The lowest BCUT2D eigenvalue weighted by Gasteiger charge is -2.33. The van der Waals surface area contributed by atoms with Gasteiger partial charge in [-0.2, -0.15) is 11.8 Å². The fraction of sp³-hybridized carbons (Fsp3) is 0.562. The third kappa shape index (κ3) is 4.66. The molecule has 0 saturated heterocycles. The van der Waals surface area contributed by atoms with Crippen LogP contribution >= 0.6 is 11.8 Å². The molecule has 0 fully saturated rings. The Labute approximate surface area is 121 Å². The Morgan fingerprint density at radius 2 is 2.00 bits per heavy atom. The van der Waals surface area contributed by atoms with E-state index in [2.05, 4.69) is 25.1 Å². The van der Waals surface area contributed by atoms with Gasteiger partial charge >= 0.3 is 0 Å². The van der Waals surface area contributed by atoms with E-state index in [1.807, 2.05) is 49.0 Å². The summed E-state index contributed by atoms with van der Waals surface area (Å²) in [5.74, 6) is 1.16. The van der Waals surface area contributed by atoms with Crippen molar-refractivity contribution < 1.29 is 4.79 Å². The molecule has 1 rings (SSSR count). The van der Waals surface area contributed by atoms with Gasteiger partial charge in [0.1, 0.15) is 6.29 Å². The van der Waals surface area contributed by atoms with Crippen LogP contribution in [0.4, 0.5) is 0 Å². The predicted molar refractivity (Wildman–Crippen MR) is 84.9 cm³/mol. The molecule has 2 unspecified atom stereocenters. The van der Waals surface area contributed by atoms with Crippen molar-refractivity contribution in [1.82, 2.24) is 4.90 Å². The standard InChI is InChI=1S/C16H25NOS/c1-14(10-11-19-4)17(3)12-16(2,13-18)15-8-6-5-7-9-15/h5-9,13-14H,10-12H2,1-4H3. The summed E-state index contributed by atoms with van der Waals surface area (Å²) in [5.41, 5.74) is 0.665. The molecule has 2 nitrogen and oxygen atoms in total. The second kappa shape index (κ2) is 7.71. The number of nitrogens with zero attached hydrogens (tertiary/aromatic N) is 1. The number of carbonyl (C=O) groups is 1. The molecule has 0 N–H and O–H groups in total. The molecule has 0 aromatic heterocycles. The van der Waals surface area contributed by atoms with E-state index in [4.69, 9.17) is 0 Å². The number of carbonyl (C=O) groups excluding carboxylic acids is 1. The molecule has 0 aliphatic heterocycles. The number of benzene rings is 1. The van der Waals surface area contributed by atoms with Crippen molar-refractivity contribution in [3.63, 3.8) is 0 Å². The summed E-state index contributed by atoms with van der Waals surface area (Å²) in [4.78, 5) is 13.9. The average molecular weight is 279 g/mol. The summed E-state index contributed by atoms with van der Waals surface area (Å²) in [6, 6.07) is 10.5. The van der Waals surface area contributed by atoms with E-state index in [9.17, 15) is 4.79 Å². The van der Waals surface area contributed by atoms with Crippen molar-refractivity contribution in [1.29, 1.82) is 0 Å². The van der Waals surface area contributed by atoms with Gasteiger partial charge in [0, 0.05) is 12.6 Å². The van der Waals surface area contributed by atoms with Gasteiger partial charge in [-0.15, -0.1) is 0 Å². The first-order valence-corrected chi connectivity index (χ1v) is 8.14. The molecule has 0 spiro atoms. The first-order chi connectivity index (χ1) is 9.03. The lowest BCUT2D eigenvalue weighted by atomic mass is 9.83. The van der Waals surface area contributed by atoms with Crippen LogP contribution in [-0.4, -0.2) is 42.8 Å². The zero-order valence-corrected chi connectivity index (χ0v) is 13.2. The zero-order valence-electron chi connectivity index (χ0n) is 12.4. The second-order valence-corrected chi connectivity index (χ2v) is 6.43. The van der Waals surface area contributed by atoms with Crippen molar-refractivity contribution in [2.24, 2.45) is 0 Å². The van der Waals surface area contributed by atoms with Gasteiger partial charge in [0.25, 0.3) is 0 Å². The second-order valence-electron chi connectivity index (χ2n) is 5.45. The maximum absolute atomic E-state index is 11.6. The van der Waals surface area contributed by atoms with Gasteiger partial charge in [-0.05, 0) is 44.9 Å². The van der Waals surface area contributed by atoms with Gasteiger partial charge in [-0.3, -0.25) is 0 Å². The lowest BCUT2D eigenvalue weighted by molar-refractivity contribution is -0.112. The monoisotopic (exact) mass is 279 g/mol. The summed E-state index contributed by atoms with van der Waals surface area (Å²) in [5, 5.41) is 0. The molecule has 0 heterocycles. The van der Waals surface area contributed by atoms with Crippen LogP contribution in [0.25, 0.3) is 0 Å². The smallest absolute Gasteiger partial charge is 0.131 e. The molecule has 106 valence electrons. The predicted octanol–water partition coefficient (Wildman–Crippen LogP) is 3.22. The van der Waals surface area contributed by atoms with Crippen LogP contribution in [-0.2, 0) is 10.2 Å². The van der Waals surface area contributed by atoms with Gasteiger partial charge in [-0.1, -0.05) is 30.3 Å². The van der Waals surface area contributed by atoms with Crippen molar-refractivity contribution in [3.05, 3.63) is 35.9 Å². The quantitative estimate of drug-likeness (QED) is 0.682. The SMILES string of the molecule is CSCCC(C)N(C)CC(C)(C=O)c1ccccc1. The minimum absolute atomic E-state index is 0.427. The Bertz CT molecular complexity index is 382. The normalized spacial score (nSPS) is 16.1. The molecule has 0 bridgehead atoms. The van der Waals surface area contributed by atoms with Gasteiger partial charge in [0.15, 0.2) is 0 Å². The number of aldehydes is 1. The Morgan fingerprint density at radius 1 is 1.37 bits per heavy atom. The number of likely N-dealkylation sites (N-methyl/N-ethyl adjacent to an activating group) is 1. The highest BCUT2D eigenvalue weighted by molar-refractivity contribution is 7.98. The Kier molecular flexibility index (Phi) is 6.59. The van der Waals surface area contributed by atoms with E-state index in [-0.39, 0.29) is 0 Å². The largest absolute Gasteiger partial charge is 0.302 e. The van der Waals surface area contributed by atoms with E-state index in [0.717, 1.165) is 30.6 Å². The van der Waals surface area contributed by atoms with Crippen molar-refractivity contribution >= 4 is 18.0 Å². The van der Waals surface area contributed by atoms with Crippen LogP contribution in [0.1, 0.15) is 25.8 Å². The number of hydrogen-bond acceptors (Lipinski definition) is 3. The maximum Gasteiger partial charge on any atom is 0.131 e. The lowest BCUT2D eigenvalue weighted by Crippen LogP contribution is -2.42. The average Bonchev–Trinajstić information content (AvgIpc) is 2.45. The first kappa shape index (κ1) is 16.3. The van der Waals surface area contributed by atoms with Crippen LogP contribution < -0.4 is 0 Å². The van der Waals surface area contributed by atoms with Crippen LogP contribution in [0, 0.1) is 0 Å². The molecular weight excluding hydrogens is 254 g/mol. The molecule has 1 aromatic rings. The molecular formula is C16H25NOS. The summed E-state index contributed by atoms with van der Waals surface area (Å²) in [7, 11) is 2.11. The van der Waals surface area contributed by atoms with Gasteiger partial charge in [0.05, 0.1) is 5.41 Å². The molecule has 0 saturated carbocycles. The highest BCUT2D eigenvalue weighted by atomic mass is 32.2. The molecule has 0 radical (unpaired) electrons. The molecule has 19 heavy (non-hydrogen) atoms. The van der Waals surface area contributed by atoms with E-state index < -0.39 is 5.41 Å². The molecule has 2 atom stereocenters. The number of rotatable bonds is 8. The first-order valence-electron chi connectivity index (χ1n) is 6.74. The van der Waals surface area contributed by atoms with E-state index >= 15 is 0 Å². The summed E-state index contributed by atoms with van der Waals surface area (Å²) < 4.78 is 0. The highest BCUT2D eigenvalue weighted by Gasteiger charge is 2.28. The van der Waals surface area contributed by atoms with Crippen LogP contribution in [0.15, 0.2) is 30.3 Å². The summed E-state index contributed by atoms with van der Waals surface area (Å²) in [6.45, 7) is 5.01. The maximum atomic E-state index is 11.6. The third-order valence-corrected chi connectivity index (χ3v) is 4.41. The topological polar surface area (TPSA) is 20.3 Å². The molecule has 0 aliphatic carbocycles. The minimum atomic E-state index is -0.427. The fourth-order valence-corrected chi connectivity index (χ4v) is 2.78. The van der Waals surface area contributed by atoms with E-state index in [0.29, 0.717) is 6.04 Å². The van der Waals surface area contributed by atoms with Gasteiger partial charge < -0.3 is 9.69 Å². The van der Waals surface area contributed by atoms with E-state index in [1.54, 1.807) is 0 Å². The van der Waals surface area contributed by atoms with Crippen LogP contribution in [0.2, 0.25) is 0 Å². The van der Waals surface area contributed by atoms with Crippen molar-refractivity contribution in [2.45, 2.75) is 31.7 Å². The van der Waals surface area contributed by atoms with Crippen molar-refractivity contribution in [3.8, 4) is 0 Å². The van der Waals surface area contributed by atoms with Gasteiger partial charge in [-0.25, -0.2) is 0 Å². The zero-order chi connectivity index (χ0) is 14.3. The fourth-order valence-electron chi connectivity index (χ4n) is 2.20. The summed E-state index contributed by atoms with van der Waals surface area (Å²) >= 11 is 1.87. The van der Waals surface area contributed by atoms with E-state index in [1.165, 1.54) is 0 Å².